The molecule has 0 saturated carbocycles. The normalized spacial score (nSPS) is 14.8. The molecule has 1 amide bonds. The lowest BCUT2D eigenvalue weighted by atomic mass is 9.93. The molecule has 0 unspecified atom stereocenters. The van der Waals surface area contributed by atoms with E-state index in [1.807, 2.05) is 51.2 Å². The zero-order valence-electron chi connectivity index (χ0n) is 20.3. The maximum absolute atomic E-state index is 12.4. The van der Waals surface area contributed by atoms with Crippen LogP contribution in [0.5, 0.6) is 0 Å². The van der Waals surface area contributed by atoms with Gasteiger partial charge in [0.05, 0.1) is 19.6 Å². The third-order valence-electron chi connectivity index (χ3n) is 6.00. The molecule has 4 rings (SSSR count). The number of anilines is 1. The smallest absolute Gasteiger partial charge is 0.230 e. The average molecular weight is 463 g/mol. The molecule has 3 heterocycles. The first-order valence-electron chi connectivity index (χ1n) is 12.0. The summed E-state index contributed by atoms with van der Waals surface area (Å²) in [7, 11) is 0. The summed E-state index contributed by atoms with van der Waals surface area (Å²) >= 11 is 0. The number of aryl methyl sites for hydroxylation is 1. The van der Waals surface area contributed by atoms with Gasteiger partial charge in [-0.1, -0.05) is 56.3 Å². The SMILES string of the molecule is CC(C)(C)c1cc(NC(=O)Cc2ccc(-c3ccc(CCCN4CCOCC4)nc3)cc2)no1. The van der Waals surface area contributed by atoms with Crippen molar-refractivity contribution in [3.63, 3.8) is 0 Å². The number of nitrogens with zero attached hydrogens (tertiary/aromatic N) is 3. The Bertz CT molecular complexity index is 1060. The van der Waals surface area contributed by atoms with Gasteiger partial charge in [-0.25, -0.2) is 0 Å². The van der Waals surface area contributed by atoms with Crippen LogP contribution in [0, 0.1) is 0 Å². The minimum atomic E-state index is -0.151. The highest BCUT2D eigenvalue weighted by Gasteiger charge is 2.20. The molecule has 7 heteroatoms. The van der Waals surface area contributed by atoms with Crippen molar-refractivity contribution >= 4 is 11.7 Å². The molecule has 0 aliphatic carbocycles. The summed E-state index contributed by atoms with van der Waals surface area (Å²) in [5.74, 6) is 1.07. The maximum Gasteiger partial charge on any atom is 0.230 e. The van der Waals surface area contributed by atoms with Crippen LogP contribution >= 0.6 is 0 Å². The van der Waals surface area contributed by atoms with Crippen molar-refractivity contribution in [2.45, 2.75) is 45.4 Å². The van der Waals surface area contributed by atoms with Crippen LogP contribution in [0.15, 0.2) is 53.2 Å². The number of ether oxygens (including phenoxy) is 1. The monoisotopic (exact) mass is 462 g/mol. The average Bonchev–Trinajstić information content (AvgIpc) is 3.30. The first kappa shape index (κ1) is 24.1. The number of carbonyl (C=O) groups is 1. The van der Waals surface area contributed by atoms with Crippen molar-refractivity contribution in [1.29, 1.82) is 0 Å². The second-order valence-electron chi connectivity index (χ2n) is 9.84. The Morgan fingerprint density at radius 2 is 1.79 bits per heavy atom. The van der Waals surface area contributed by atoms with E-state index in [9.17, 15) is 4.79 Å². The standard InChI is InChI=1S/C27H34N4O3/c1-27(2,3)24-18-25(30-34-24)29-26(32)17-20-6-8-21(9-7-20)22-10-11-23(28-19-22)5-4-12-31-13-15-33-16-14-31/h6-11,18-19H,4-5,12-17H2,1-3H3,(H,29,30,32). The van der Waals surface area contributed by atoms with Gasteiger partial charge in [0.1, 0.15) is 5.76 Å². The van der Waals surface area contributed by atoms with Crippen molar-refractivity contribution in [3.05, 3.63) is 65.7 Å². The van der Waals surface area contributed by atoms with E-state index in [1.54, 1.807) is 6.07 Å². The highest BCUT2D eigenvalue weighted by Crippen LogP contribution is 2.24. The molecule has 1 fully saturated rings. The first-order chi connectivity index (χ1) is 16.4. The van der Waals surface area contributed by atoms with Crippen molar-refractivity contribution < 1.29 is 14.1 Å². The van der Waals surface area contributed by atoms with Gasteiger partial charge in [0.2, 0.25) is 5.91 Å². The highest BCUT2D eigenvalue weighted by atomic mass is 16.5. The molecule has 34 heavy (non-hydrogen) atoms. The molecule has 180 valence electrons. The molecule has 2 aromatic heterocycles. The predicted octanol–water partition coefficient (Wildman–Crippen LogP) is 4.48. The zero-order valence-corrected chi connectivity index (χ0v) is 20.3. The van der Waals surface area contributed by atoms with Crippen LogP contribution in [0.25, 0.3) is 11.1 Å². The highest BCUT2D eigenvalue weighted by molar-refractivity contribution is 5.91. The summed E-state index contributed by atoms with van der Waals surface area (Å²) in [6, 6.07) is 14.0. The van der Waals surface area contributed by atoms with Crippen LogP contribution < -0.4 is 5.32 Å². The molecular weight excluding hydrogens is 428 g/mol. The fraction of sp³-hybridized carbons (Fsp3) is 0.444. The van der Waals surface area contributed by atoms with Gasteiger partial charge < -0.3 is 14.6 Å². The number of benzene rings is 1. The van der Waals surface area contributed by atoms with Crippen LogP contribution in [0.2, 0.25) is 0 Å². The van der Waals surface area contributed by atoms with E-state index in [0.717, 1.165) is 73.8 Å². The van der Waals surface area contributed by atoms with Crippen molar-refractivity contribution in [1.82, 2.24) is 15.0 Å². The number of hydrogen-bond donors (Lipinski definition) is 1. The van der Waals surface area contributed by atoms with E-state index in [-0.39, 0.29) is 17.7 Å². The van der Waals surface area contributed by atoms with Crippen LogP contribution in [-0.4, -0.2) is 53.8 Å². The second-order valence-corrected chi connectivity index (χ2v) is 9.84. The van der Waals surface area contributed by atoms with Crippen molar-refractivity contribution in [2.24, 2.45) is 0 Å². The van der Waals surface area contributed by atoms with Crippen molar-refractivity contribution in [3.8, 4) is 11.1 Å². The molecule has 0 bridgehead atoms. The van der Waals surface area contributed by atoms with Gasteiger partial charge >= 0.3 is 0 Å². The minimum absolute atomic E-state index is 0.121. The number of aromatic nitrogens is 2. The van der Waals surface area contributed by atoms with Gasteiger partial charge in [-0.3, -0.25) is 14.7 Å². The number of morpholine rings is 1. The lowest BCUT2D eigenvalue weighted by molar-refractivity contribution is -0.115. The topological polar surface area (TPSA) is 80.5 Å². The number of pyridine rings is 1. The van der Waals surface area contributed by atoms with Gasteiger partial charge in [-0.05, 0) is 36.6 Å². The molecular formula is C27H34N4O3. The molecule has 1 aliphatic heterocycles. The minimum Gasteiger partial charge on any atom is -0.379 e. The first-order valence-corrected chi connectivity index (χ1v) is 12.0. The van der Waals surface area contributed by atoms with E-state index in [0.29, 0.717) is 5.82 Å². The molecule has 1 saturated heterocycles. The number of rotatable bonds is 8. The maximum atomic E-state index is 12.4. The van der Waals surface area contributed by atoms with Gasteiger partial charge in [0.15, 0.2) is 5.82 Å². The van der Waals surface area contributed by atoms with Crippen LogP contribution in [-0.2, 0) is 27.8 Å². The Labute approximate surface area is 201 Å². The Morgan fingerprint density at radius 3 is 2.44 bits per heavy atom. The molecule has 7 nitrogen and oxygen atoms in total. The Kier molecular flexibility index (Phi) is 7.75. The quantitative estimate of drug-likeness (QED) is 0.532. The largest absolute Gasteiger partial charge is 0.379 e. The number of nitrogens with one attached hydrogen (secondary N) is 1. The van der Waals surface area contributed by atoms with E-state index in [2.05, 4.69) is 32.5 Å². The third kappa shape index (κ3) is 6.74. The molecule has 0 radical (unpaired) electrons. The third-order valence-corrected chi connectivity index (χ3v) is 6.00. The number of amides is 1. The number of carbonyl (C=O) groups excluding carboxylic acids is 1. The summed E-state index contributed by atoms with van der Waals surface area (Å²) in [6.07, 6.45) is 4.30. The summed E-state index contributed by atoms with van der Waals surface area (Å²) < 4.78 is 10.7. The van der Waals surface area contributed by atoms with Crippen LogP contribution in [0.3, 0.4) is 0 Å². The molecule has 1 N–H and O–H groups in total. The molecule has 0 atom stereocenters. The molecule has 3 aromatic rings. The Morgan fingerprint density at radius 1 is 1.06 bits per heavy atom. The molecule has 1 aliphatic rings. The summed E-state index contributed by atoms with van der Waals surface area (Å²) in [5, 5.41) is 6.76. The van der Waals surface area contributed by atoms with Gasteiger partial charge in [-0.2, -0.15) is 0 Å². The summed E-state index contributed by atoms with van der Waals surface area (Å²) in [6.45, 7) is 11.0. The van der Waals surface area contributed by atoms with E-state index >= 15 is 0 Å². The van der Waals surface area contributed by atoms with E-state index in [1.165, 1.54) is 0 Å². The van der Waals surface area contributed by atoms with Gasteiger partial charge in [0, 0.05) is 42.0 Å². The van der Waals surface area contributed by atoms with E-state index < -0.39 is 0 Å². The van der Waals surface area contributed by atoms with Gasteiger partial charge in [0.25, 0.3) is 0 Å². The lowest BCUT2D eigenvalue weighted by Crippen LogP contribution is -2.36. The summed E-state index contributed by atoms with van der Waals surface area (Å²) in [4.78, 5) is 19.5. The summed E-state index contributed by atoms with van der Waals surface area (Å²) in [5.41, 5.74) is 4.07. The van der Waals surface area contributed by atoms with Crippen LogP contribution in [0.4, 0.5) is 5.82 Å². The van der Waals surface area contributed by atoms with Crippen LogP contribution in [0.1, 0.15) is 44.2 Å². The Hall–Kier alpha value is -3.03. The predicted molar refractivity (Wildman–Crippen MR) is 133 cm³/mol. The van der Waals surface area contributed by atoms with Gasteiger partial charge in [-0.15, -0.1) is 0 Å². The lowest BCUT2D eigenvalue weighted by Gasteiger charge is -2.26. The Balaban J connectivity index is 1.26. The zero-order chi connectivity index (χ0) is 24.0. The molecule has 0 spiro atoms. The second kappa shape index (κ2) is 10.9. The van der Waals surface area contributed by atoms with Crippen molar-refractivity contribution in [2.75, 3.05) is 38.2 Å². The van der Waals surface area contributed by atoms with E-state index in [4.69, 9.17) is 9.26 Å². The number of hydrogen-bond acceptors (Lipinski definition) is 6. The fourth-order valence-electron chi connectivity index (χ4n) is 3.93. The fourth-order valence-corrected chi connectivity index (χ4v) is 3.93. The molecule has 1 aromatic carbocycles.